The highest BCUT2D eigenvalue weighted by molar-refractivity contribution is 5.94. The summed E-state index contributed by atoms with van der Waals surface area (Å²) in [5, 5.41) is 23.4. The number of halogens is 3. The molecule has 2 aromatic rings. The van der Waals surface area contributed by atoms with Gasteiger partial charge in [-0.3, -0.25) is 4.99 Å². The second kappa shape index (κ2) is 13.0. The molecule has 0 amide bonds. The van der Waals surface area contributed by atoms with Crippen molar-refractivity contribution in [2.24, 2.45) is 28.2 Å². The third kappa shape index (κ3) is 8.71. The van der Waals surface area contributed by atoms with Crippen LogP contribution in [0.25, 0.3) is 0 Å². The Labute approximate surface area is 238 Å². The maximum atomic E-state index is 11.2. The van der Waals surface area contributed by atoms with Crippen molar-refractivity contribution in [3.05, 3.63) is 65.7 Å². The predicted molar refractivity (Wildman–Crippen MR) is 151 cm³/mol. The molecule has 4 N–H and O–H groups in total. The first kappa shape index (κ1) is 30.4. The minimum atomic E-state index is -5.08. The molecule has 4 saturated carbocycles. The van der Waals surface area contributed by atoms with Gasteiger partial charge in [-0.1, -0.05) is 30.3 Å². The highest BCUT2D eigenvalue weighted by Gasteiger charge is 2.51. The van der Waals surface area contributed by atoms with Crippen molar-refractivity contribution in [3.8, 4) is 0 Å². The molecule has 2 aromatic carbocycles. The maximum absolute atomic E-state index is 11.2. The van der Waals surface area contributed by atoms with E-state index in [9.17, 15) is 23.1 Å². The summed E-state index contributed by atoms with van der Waals surface area (Å²) >= 11 is 0. The smallest absolute Gasteiger partial charge is 0.478 e. The fraction of sp³-hybridized carbons (Fsp3) is 0.516. The summed E-state index contributed by atoms with van der Waals surface area (Å²) in [4.78, 5) is 25.0. The van der Waals surface area contributed by atoms with Crippen molar-refractivity contribution in [3.63, 3.8) is 0 Å². The molecular weight excluding hydrogens is 535 g/mol. The normalized spacial score (nSPS) is 25.6. The Morgan fingerprint density at radius 1 is 0.951 bits per heavy atom. The van der Waals surface area contributed by atoms with Crippen molar-refractivity contribution >= 4 is 23.6 Å². The molecule has 4 aliphatic carbocycles. The average molecular weight is 574 g/mol. The quantitative estimate of drug-likeness (QED) is 0.209. The standard InChI is InChI=1S/C29H37N3O2.C2HF3O2/c1-20(16-29-17-22-13-23(18-29)15-24(14-22)19-29)31-28(30-12-11-21-5-3-2-4-6-21)32-26-9-7-25(8-10-26)27(33)34;3-2(4,5)1(6)7/h2-10,20,22-24H,11-19H2,1H3,(H,33,34)(H2,30,31,32);(H,6,7). The lowest BCUT2D eigenvalue weighted by Gasteiger charge is -2.57. The Balaban J connectivity index is 0.000000493. The highest BCUT2D eigenvalue weighted by Crippen LogP contribution is 2.61. The van der Waals surface area contributed by atoms with Gasteiger partial charge < -0.3 is 20.8 Å². The lowest BCUT2D eigenvalue weighted by molar-refractivity contribution is -0.192. The van der Waals surface area contributed by atoms with Gasteiger partial charge >= 0.3 is 18.1 Å². The number of carboxylic acid groups (broad SMARTS) is 2. The lowest BCUT2D eigenvalue weighted by Crippen LogP contribution is -2.49. The van der Waals surface area contributed by atoms with Gasteiger partial charge in [0.1, 0.15) is 0 Å². The van der Waals surface area contributed by atoms with E-state index >= 15 is 0 Å². The molecule has 1 unspecified atom stereocenters. The van der Waals surface area contributed by atoms with Gasteiger partial charge in [-0.25, -0.2) is 9.59 Å². The van der Waals surface area contributed by atoms with Crippen molar-refractivity contribution in [1.29, 1.82) is 0 Å². The molecule has 7 nitrogen and oxygen atoms in total. The van der Waals surface area contributed by atoms with Crippen LogP contribution >= 0.6 is 0 Å². The number of aliphatic carboxylic acids is 1. The first-order chi connectivity index (χ1) is 19.4. The Morgan fingerprint density at radius 2 is 1.49 bits per heavy atom. The lowest BCUT2D eigenvalue weighted by atomic mass is 9.48. The molecule has 41 heavy (non-hydrogen) atoms. The molecular formula is C31H38F3N3O4. The number of rotatable bonds is 8. The van der Waals surface area contributed by atoms with Crippen molar-refractivity contribution in [2.75, 3.05) is 11.9 Å². The number of hydrogen-bond donors (Lipinski definition) is 4. The zero-order valence-electron chi connectivity index (χ0n) is 23.2. The zero-order valence-corrected chi connectivity index (χ0v) is 23.2. The topological polar surface area (TPSA) is 111 Å². The van der Waals surface area contributed by atoms with Gasteiger partial charge in [0.2, 0.25) is 0 Å². The Bertz CT molecular complexity index is 1180. The number of guanidine groups is 1. The first-order valence-electron chi connectivity index (χ1n) is 14.2. The van der Waals surface area contributed by atoms with Crippen LogP contribution in [0, 0.1) is 23.2 Å². The Morgan fingerprint density at radius 3 is 1.98 bits per heavy atom. The number of anilines is 1. The Kier molecular flexibility index (Phi) is 9.60. The maximum Gasteiger partial charge on any atom is 0.490 e. The summed E-state index contributed by atoms with van der Waals surface area (Å²) in [6, 6.07) is 17.6. The number of carbonyl (C=O) groups is 2. The summed E-state index contributed by atoms with van der Waals surface area (Å²) in [6.07, 6.45) is 5.66. The molecule has 10 heteroatoms. The molecule has 0 spiro atoms. The van der Waals surface area contributed by atoms with E-state index in [1.54, 1.807) is 12.1 Å². The molecule has 0 aromatic heterocycles. The number of benzene rings is 2. The molecule has 0 radical (unpaired) electrons. The summed E-state index contributed by atoms with van der Waals surface area (Å²) in [7, 11) is 0. The van der Waals surface area contributed by atoms with E-state index in [0.29, 0.717) is 18.0 Å². The Hall–Kier alpha value is -3.56. The molecule has 4 fully saturated rings. The first-order valence-corrected chi connectivity index (χ1v) is 14.2. The summed E-state index contributed by atoms with van der Waals surface area (Å²) < 4.78 is 31.7. The van der Waals surface area contributed by atoms with Crippen molar-refractivity contribution in [2.45, 2.75) is 70.5 Å². The van der Waals surface area contributed by atoms with E-state index in [1.807, 2.05) is 18.2 Å². The summed E-state index contributed by atoms with van der Waals surface area (Å²) in [5.41, 5.74) is 2.92. The van der Waals surface area contributed by atoms with Crippen molar-refractivity contribution < 1.29 is 33.0 Å². The number of nitrogens with zero attached hydrogens (tertiary/aromatic N) is 1. The van der Waals surface area contributed by atoms with Gasteiger partial charge in [-0.05, 0) is 111 Å². The van der Waals surface area contributed by atoms with Gasteiger partial charge in [0.05, 0.1) is 5.56 Å². The van der Waals surface area contributed by atoms with Gasteiger partial charge in [0, 0.05) is 18.3 Å². The SMILES string of the molecule is CC(CC12CC3CC(CC(C3)C1)C2)NC(=NCCc1ccccc1)Nc1ccc(C(=O)O)cc1.O=C(O)C(F)(F)F. The fourth-order valence-corrected chi connectivity index (χ4v) is 7.37. The van der Waals surface area contributed by atoms with Gasteiger partial charge in [-0.2, -0.15) is 13.2 Å². The number of aromatic carboxylic acids is 1. The minimum absolute atomic E-state index is 0.288. The molecule has 0 saturated heterocycles. The molecule has 6 rings (SSSR count). The molecule has 4 aliphatic rings. The molecule has 0 heterocycles. The van der Waals surface area contributed by atoms with Crippen LogP contribution in [0.5, 0.6) is 0 Å². The van der Waals surface area contributed by atoms with Crippen LogP contribution in [-0.2, 0) is 11.2 Å². The van der Waals surface area contributed by atoms with E-state index in [1.165, 1.54) is 50.5 Å². The number of carboxylic acids is 2. The van der Waals surface area contributed by atoms with Gasteiger partial charge in [0.25, 0.3) is 0 Å². The molecule has 222 valence electrons. The fourth-order valence-electron chi connectivity index (χ4n) is 7.37. The van der Waals surface area contributed by atoms with Crippen LogP contribution < -0.4 is 10.6 Å². The zero-order chi connectivity index (χ0) is 29.6. The van der Waals surface area contributed by atoms with Crippen LogP contribution in [0.4, 0.5) is 18.9 Å². The number of hydrogen-bond acceptors (Lipinski definition) is 3. The molecule has 1 atom stereocenters. The van der Waals surface area contributed by atoms with E-state index in [-0.39, 0.29) is 5.56 Å². The van der Waals surface area contributed by atoms with E-state index < -0.39 is 18.1 Å². The number of alkyl halides is 3. The van der Waals surface area contributed by atoms with Crippen molar-refractivity contribution in [1.82, 2.24) is 5.32 Å². The molecule has 4 bridgehead atoms. The van der Waals surface area contributed by atoms with E-state index in [2.05, 4.69) is 41.8 Å². The largest absolute Gasteiger partial charge is 0.490 e. The highest BCUT2D eigenvalue weighted by atomic mass is 19.4. The third-order valence-electron chi connectivity index (χ3n) is 8.44. The average Bonchev–Trinajstić information content (AvgIpc) is 2.88. The van der Waals surface area contributed by atoms with Gasteiger partial charge in [0.15, 0.2) is 5.96 Å². The van der Waals surface area contributed by atoms with Gasteiger partial charge in [-0.15, -0.1) is 0 Å². The number of aliphatic imine (C=N–C) groups is 1. The molecule has 0 aliphatic heterocycles. The van der Waals surface area contributed by atoms with Crippen LogP contribution in [-0.4, -0.2) is 46.9 Å². The summed E-state index contributed by atoms with van der Waals surface area (Å²) in [6.45, 7) is 2.98. The summed E-state index contributed by atoms with van der Waals surface area (Å²) in [5.74, 6) is -0.00985. The minimum Gasteiger partial charge on any atom is -0.478 e. The van der Waals surface area contributed by atoms with Crippen LogP contribution in [0.3, 0.4) is 0 Å². The van der Waals surface area contributed by atoms with Crippen LogP contribution in [0.15, 0.2) is 59.6 Å². The predicted octanol–water partition coefficient (Wildman–Crippen LogP) is 6.61. The van der Waals surface area contributed by atoms with Crippen LogP contribution in [0.1, 0.15) is 67.8 Å². The second-order valence-corrected chi connectivity index (χ2v) is 11.9. The van der Waals surface area contributed by atoms with E-state index in [0.717, 1.165) is 35.8 Å². The van der Waals surface area contributed by atoms with E-state index in [4.69, 9.17) is 14.9 Å². The third-order valence-corrected chi connectivity index (χ3v) is 8.44. The van der Waals surface area contributed by atoms with Crippen LogP contribution in [0.2, 0.25) is 0 Å². The second-order valence-electron chi connectivity index (χ2n) is 11.9. The monoisotopic (exact) mass is 573 g/mol. The number of nitrogens with one attached hydrogen (secondary N) is 2.